The van der Waals surface area contributed by atoms with E-state index in [1.807, 2.05) is 30.5 Å². The first kappa shape index (κ1) is 13.8. The highest BCUT2D eigenvalue weighted by atomic mass is 32.1. The fourth-order valence-electron chi connectivity index (χ4n) is 1.52. The maximum absolute atomic E-state index is 11.9. The molecule has 2 rings (SSSR count). The lowest BCUT2D eigenvalue weighted by Gasteiger charge is -2.02. The van der Waals surface area contributed by atoms with Crippen molar-refractivity contribution in [1.82, 2.24) is 5.32 Å². The van der Waals surface area contributed by atoms with E-state index in [4.69, 9.17) is 5.11 Å². The molecule has 3 nitrogen and oxygen atoms in total. The maximum atomic E-state index is 11.9. The summed E-state index contributed by atoms with van der Waals surface area (Å²) in [6, 6.07) is 5.77. The predicted octanol–water partition coefficient (Wildman–Crippen LogP) is 2.39. The van der Waals surface area contributed by atoms with Gasteiger partial charge in [-0.2, -0.15) is 0 Å². The van der Waals surface area contributed by atoms with Gasteiger partial charge in [-0.25, -0.2) is 0 Å². The number of amides is 1. The fourth-order valence-corrected chi connectivity index (χ4v) is 3.18. The van der Waals surface area contributed by atoms with Crippen molar-refractivity contribution in [2.24, 2.45) is 0 Å². The van der Waals surface area contributed by atoms with Crippen molar-refractivity contribution in [3.8, 4) is 11.8 Å². The van der Waals surface area contributed by atoms with Crippen LogP contribution in [-0.4, -0.2) is 17.6 Å². The first-order chi connectivity index (χ1) is 9.20. The van der Waals surface area contributed by atoms with E-state index in [1.54, 1.807) is 0 Å². The highest BCUT2D eigenvalue weighted by Gasteiger charge is 2.10. The molecule has 0 aliphatic rings. The number of hydrogen-bond donors (Lipinski definition) is 2. The van der Waals surface area contributed by atoms with Crippen LogP contribution in [0.1, 0.15) is 25.0 Å². The molecule has 0 aliphatic heterocycles. The number of carbonyl (C=O) groups excluding carboxylic acids is 1. The van der Waals surface area contributed by atoms with Gasteiger partial charge in [-0.05, 0) is 36.1 Å². The molecular weight excluding hydrogens is 278 g/mol. The molecule has 0 saturated heterocycles. The third-order valence-electron chi connectivity index (χ3n) is 2.44. The molecule has 0 saturated carbocycles. The zero-order valence-corrected chi connectivity index (χ0v) is 12.0. The van der Waals surface area contributed by atoms with E-state index in [2.05, 4.69) is 17.2 Å². The maximum Gasteiger partial charge on any atom is 0.261 e. The Kier molecular flexibility index (Phi) is 4.74. The molecule has 0 spiro atoms. The normalized spacial score (nSPS) is 9.79. The Labute approximate surface area is 119 Å². The van der Waals surface area contributed by atoms with Crippen molar-refractivity contribution in [2.45, 2.75) is 13.5 Å². The van der Waals surface area contributed by atoms with E-state index in [-0.39, 0.29) is 12.5 Å². The number of carbonyl (C=O) groups is 1. The quantitative estimate of drug-likeness (QED) is 0.853. The van der Waals surface area contributed by atoms with Crippen LogP contribution in [0.3, 0.4) is 0 Å². The van der Waals surface area contributed by atoms with Gasteiger partial charge in [0.1, 0.15) is 6.61 Å². The second-order valence-corrected chi connectivity index (χ2v) is 5.93. The summed E-state index contributed by atoms with van der Waals surface area (Å²) in [7, 11) is 0. The third kappa shape index (κ3) is 3.67. The van der Waals surface area contributed by atoms with Crippen LogP contribution in [0, 0.1) is 18.8 Å². The van der Waals surface area contributed by atoms with Gasteiger partial charge in [0, 0.05) is 4.88 Å². The van der Waals surface area contributed by atoms with E-state index >= 15 is 0 Å². The fraction of sp³-hybridized carbons (Fsp3) is 0.214. The zero-order valence-electron chi connectivity index (χ0n) is 10.4. The smallest absolute Gasteiger partial charge is 0.261 e. The van der Waals surface area contributed by atoms with Crippen LogP contribution in [0.25, 0.3) is 0 Å². The van der Waals surface area contributed by atoms with Gasteiger partial charge in [0.2, 0.25) is 0 Å². The number of nitrogens with one attached hydrogen (secondary N) is 1. The van der Waals surface area contributed by atoms with Crippen molar-refractivity contribution in [1.29, 1.82) is 0 Å². The first-order valence-electron chi connectivity index (χ1n) is 5.71. The van der Waals surface area contributed by atoms with Crippen molar-refractivity contribution < 1.29 is 9.90 Å². The van der Waals surface area contributed by atoms with Crippen LogP contribution in [0.4, 0.5) is 0 Å². The first-order valence-corrected chi connectivity index (χ1v) is 7.41. The van der Waals surface area contributed by atoms with Crippen LogP contribution >= 0.6 is 22.7 Å². The molecule has 5 heteroatoms. The standard InChI is InChI=1S/C14H13NO2S2/c1-10-6-8-18-13(10)14(17)15-9-12-5-4-11(19-12)3-2-7-16/h4-6,8,16H,7,9H2,1H3,(H,15,17). The summed E-state index contributed by atoms with van der Waals surface area (Å²) in [6.07, 6.45) is 0. The molecule has 2 heterocycles. The minimum atomic E-state index is -0.137. The van der Waals surface area contributed by atoms with Gasteiger partial charge in [0.15, 0.2) is 0 Å². The van der Waals surface area contributed by atoms with Crippen LogP contribution in [-0.2, 0) is 6.54 Å². The summed E-state index contributed by atoms with van der Waals surface area (Å²) in [5.74, 6) is 5.41. The highest BCUT2D eigenvalue weighted by Crippen LogP contribution is 2.17. The van der Waals surface area contributed by atoms with Crippen molar-refractivity contribution >= 4 is 28.6 Å². The molecule has 19 heavy (non-hydrogen) atoms. The second-order valence-electron chi connectivity index (χ2n) is 3.84. The molecule has 0 atom stereocenters. The predicted molar refractivity (Wildman–Crippen MR) is 78.5 cm³/mol. The van der Waals surface area contributed by atoms with Gasteiger partial charge in [-0.3, -0.25) is 4.79 Å². The summed E-state index contributed by atoms with van der Waals surface area (Å²) in [5, 5.41) is 13.4. The van der Waals surface area contributed by atoms with Gasteiger partial charge in [0.05, 0.1) is 16.3 Å². The minimum Gasteiger partial charge on any atom is -0.384 e. The lowest BCUT2D eigenvalue weighted by molar-refractivity contribution is 0.0955. The molecule has 2 aromatic rings. The Hall–Kier alpha value is -1.61. The summed E-state index contributed by atoms with van der Waals surface area (Å²) in [5.41, 5.74) is 1.00. The van der Waals surface area contributed by atoms with Gasteiger partial charge < -0.3 is 10.4 Å². The molecule has 0 bridgehead atoms. The van der Waals surface area contributed by atoms with Gasteiger partial charge in [-0.1, -0.05) is 11.8 Å². The van der Waals surface area contributed by atoms with Crippen molar-refractivity contribution in [3.63, 3.8) is 0 Å². The lowest BCUT2D eigenvalue weighted by Crippen LogP contribution is -2.21. The summed E-state index contributed by atoms with van der Waals surface area (Å²) in [6.45, 7) is 2.29. The average Bonchev–Trinajstić information content (AvgIpc) is 3.02. The molecule has 98 valence electrons. The highest BCUT2D eigenvalue weighted by molar-refractivity contribution is 7.12. The number of aryl methyl sites for hydroxylation is 1. The van der Waals surface area contributed by atoms with E-state index in [0.29, 0.717) is 6.54 Å². The number of aliphatic hydroxyl groups excluding tert-OH is 1. The molecule has 0 radical (unpaired) electrons. The van der Waals surface area contributed by atoms with Crippen LogP contribution in [0.15, 0.2) is 23.6 Å². The summed E-state index contributed by atoms with van der Waals surface area (Å²) < 4.78 is 0. The summed E-state index contributed by atoms with van der Waals surface area (Å²) >= 11 is 2.97. The molecule has 0 fully saturated rings. The zero-order chi connectivity index (χ0) is 13.7. The Morgan fingerprint density at radius 1 is 1.42 bits per heavy atom. The lowest BCUT2D eigenvalue weighted by atomic mass is 10.3. The number of hydrogen-bond acceptors (Lipinski definition) is 4. The van der Waals surface area contributed by atoms with Crippen LogP contribution < -0.4 is 5.32 Å². The Balaban J connectivity index is 1.94. The topological polar surface area (TPSA) is 49.3 Å². The minimum absolute atomic E-state index is 0.0381. The van der Waals surface area contributed by atoms with Crippen LogP contribution in [0.5, 0.6) is 0 Å². The number of aliphatic hydroxyl groups is 1. The Bertz CT molecular complexity index is 631. The Morgan fingerprint density at radius 3 is 2.95 bits per heavy atom. The molecule has 1 amide bonds. The molecule has 0 aliphatic carbocycles. The van der Waals surface area contributed by atoms with E-state index in [0.717, 1.165) is 20.2 Å². The summed E-state index contributed by atoms with van der Waals surface area (Å²) in [4.78, 5) is 14.6. The second kappa shape index (κ2) is 6.53. The van der Waals surface area contributed by atoms with Crippen molar-refractivity contribution in [3.05, 3.63) is 43.8 Å². The molecule has 2 aromatic heterocycles. The Morgan fingerprint density at radius 2 is 2.26 bits per heavy atom. The molecule has 0 aromatic carbocycles. The third-order valence-corrected chi connectivity index (χ3v) is 4.46. The molecular formula is C14H13NO2S2. The van der Waals surface area contributed by atoms with E-state index in [1.165, 1.54) is 22.7 Å². The largest absolute Gasteiger partial charge is 0.384 e. The number of thiophene rings is 2. The monoisotopic (exact) mass is 291 g/mol. The average molecular weight is 291 g/mol. The number of rotatable bonds is 3. The van der Waals surface area contributed by atoms with Gasteiger partial charge in [0.25, 0.3) is 5.91 Å². The van der Waals surface area contributed by atoms with Gasteiger partial charge in [-0.15, -0.1) is 22.7 Å². The van der Waals surface area contributed by atoms with E-state index in [9.17, 15) is 4.79 Å². The molecule has 2 N–H and O–H groups in total. The molecule has 0 unspecified atom stereocenters. The van der Waals surface area contributed by atoms with Gasteiger partial charge >= 0.3 is 0 Å². The van der Waals surface area contributed by atoms with Crippen molar-refractivity contribution in [2.75, 3.05) is 6.61 Å². The SMILES string of the molecule is Cc1ccsc1C(=O)NCc1ccc(C#CCO)s1. The van der Waals surface area contributed by atoms with E-state index < -0.39 is 0 Å². The van der Waals surface area contributed by atoms with Crippen LogP contribution in [0.2, 0.25) is 0 Å².